The number of nitrogens with zero attached hydrogens (tertiary/aromatic N) is 2. The van der Waals surface area contributed by atoms with E-state index >= 15 is 0 Å². The molecule has 0 saturated carbocycles. The normalized spacial score (nSPS) is 35.1. The zero-order valence-corrected chi connectivity index (χ0v) is 29.7. The second-order valence-electron chi connectivity index (χ2n) is 14.6. The van der Waals surface area contributed by atoms with Crippen LogP contribution in [0, 0.1) is 0 Å². The molecule has 2 aromatic carbocycles. The largest absolute Gasteiger partial charge is 0.507 e. The molecule has 2 aliphatic heterocycles. The first-order chi connectivity index (χ1) is 23.9. The summed E-state index contributed by atoms with van der Waals surface area (Å²) in [5.41, 5.74) is -4.56. The number of aliphatic hydroxyl groups excluding tert-OH is 2. The topological polar surface area (TPSA) is 219 Å². The van der Waals surface area contributed by atoms with E-state index in [0.29, 0.717) is 0 Å². The van der Waals surface area contributed by atoms with Crippen molar-refractivity contribution in [1.29, 1.82) is 0 Å². The van der Waals surface area contributed by atoms with Crippen LogP contribution in [0.4, 0.5) is 0 Å². The minimum Gasteiger partial charge on any atom is -0.507 e. The molecule has 0 aromatic heterocycles. The van der Waals surface area contributed by atoms with Gasteiger partial charge in [0.2, 0.25) is 11.6 Å². The summed E-state index contributed by atoms with van der Waals surface area (Å²) in [5.74, 6) is -4.84. The van der Waals surface area contributed by atoms with Crippen LogP contribution in [0.1, 0.15) is 102 Å². The Kier molecular flexibility index (Phi) is 9.93. The Bertz CT molecular complexity index is 1710. The van der Waals surface area contributed by atoms with Crippen LogP contribution in [0.25, 0.3) is 0 Å². The standard InChI is InChI=1S/C36H48N2O13/c1-8-36(47)13-20(50-21-11-16(37(4)5)29(41)14(2)48-21)25-28(35(36)51-22-12-17(38(6)7)30(42)15(3)49-22)34(46)27-26(33(25)45)31(43)23-18(39)9-10-19(40)24(23)32(27)44/h9-10,14-17,20-22,29-30,35,39-42,45-47H,8,11-13H2,1-7H3/t14?,15?,16?,17?,20-,21?,22?,29?,30?,35+,36+/m0/s1. The summed E-state index contributed by atoms with van der Waals surface area (Å²) in [6.07, 6.45) is -7.65. The van der Waals surface area contributed by atoms with Crippen molar-refractivity contribution in [2.75, 3.05) is 28.2 Å². The Morgan fingerprint density at radius 3 is 1.61 bits per heavy atom. The number of ether oxygens (including phenoxy) is 4. The van der Waals surface area contributed by atoms with Gasteiger partial charge in [-0.15, -0.1) is 0 Å². The average molecular weight is 717 g/mol. The number of aromatic hydroxyl groups is 4. The number of fused-ring (bicyclic) bond motifs is 3. The lowest BCUT2D eigenvalue weighted by Gasteiger charge is -2.48. The van der Waals surface area contributed by atoms with Crippen molar-refractivity contribution in [3.8, 4) is 23.0 Å². The first-order valence-electron chi connectivity index (χ1n) is 17.2. The van der Waals surface area contributed by atoms with Gasteiger partial charge in [0.15, 0.2) is 12.6 Å². The van der Waals surface area contributed by atoms with Gasteiger partial charge in [0.1, 0.15) is 29.1 Å². The number of likely N-dealkylation sites (N-methyl/N-ethyl adjacent to an activating group) is 2. The van der Waals surface area contributed by atoms with Crippen molar-refractivity contribution in [2.24, 2.45) is 0 Å². The molecule has 2 heterocycles. The van der Waals surface area contributed by atoms with E-state index in [2.05, 4.69) is 0 Å². The highest BCUT2D eigenvalue weighted by atomic mass is 16.7. The lowest BCUT2D eigenvalue weighted by Crippen LogP contribution is -2.55. The molecule has 2 aromatic rings. The maximum Gasteiger partial charge on any atom is 0.202 e. The van der Waals surface area contributed by atoms with Crippen LogP contribution < -0.4 is 0 Å². The molecule has 15 nitrogen and oxygen atoms in total. The van der Waals surface area contributed by atoms with E-state index in [9.17, 15) is 45.3 Å². The number of rotatable bonds is 7. The Hall–Kier alpha value is -3.38. The second kappa shape index (κ2) is 13.5. The summed E-state index contributed by atoms with van der Waals surface area (Å²) in [4.78, 5) is 31.7. The number of phenolic OH excluding ortho intramolecular Hbond substituents is 4. The van der Waals surface area contributed by atoms with Crippen LogP contribution in [0.5, 0.6) is 23.0 Å². The Morgan fingerprint density at radius 1 is 0.745 bits per heavy atom. The van der Waals surface area contributed by atoms with Crippen molar-refractivity contribution in [2.45, 2.75) is 113 Å². The maximum atomic E-state index is 14.0. The molecule has 15 heteroatoms. The summed E-state index contributed by atoms with van der Waals surface area (Å²) >= 11 is 0. The third-order valence-corrected chi connectivity index (χ3v) is 11.1. The Labute approximate surface area is 295 Å². The average Bonchev–Trinajstić information content (AvgIpc) is 3.06. The molecule has 2 aliphatic carbocycles. The van der Waals surface area contributed by atoms with Crippen molar-refractivity contribution in [3.05, 3.63) is 45.5 Å². The fourth-order valence-corrected chi connectivity index (χ4v) is 8.12. The highest BCUT2D eigenvalue weighted by Gasteiger charge is 2.54. The lowest BCUT2D eigenvalue weighted by atomic mass is 9.70. The molecule has 0 bridgehead atoms. The summed E-state index contributed by atoms with van der Waals surface area (Å²) in [6, 6.07) is 1.28. The van der Waals surface area contributed by atoms with Gasteiger partial charge in [0, 0.05) is 42.5 Å². The van der Waals surface area contributed by atoms with Gasteiger partial charge >= 0.3 is 0 Å². The van der Waals surface area contributed by atoms with E-state index in [0.717, 1.165) is 12.1 Å². The molecule has 280 valence electrons. The van der Waals surface area contributed by atoms with Crippen LogP contribution in [-0.2, 0) is 18.9 Å². The molecule has 2 saturated heterocycles. The van der Waals surface area contributed by atoms with Crippen molar-refractivity contribution >= 4 is 11.6 Å². The fraction of sp³-hybridized carbons (Fsp3) is 0.611. The van der Waals surface area contributed by atoms with E-state index in [4.69, 9.17) is 18.9 Å². The van der Waals surface area contributed by atoms with Crippen molar-refractivity contribution in [1.82, 2.24) is 9.80 Å². The zero-order chi connectivity index (χ0) is 37.4. The number of ketones is 2. The predicted molar refractivity (Wildman–Crippen MR) is 179 cm³/mol. The molecule has 8 unspecified atom stereocenters. The lowest BCUT2D eigenvalue weighted by molar-refractivity contribution is -0.289. The van der Waals surface area contributed by atoms with E-state index in [1.165, 1.54) is 0 Å². The van der Waals surface area contributed by atoms with Gasteiger partial charge in [-0.2, -0.15) is 0 Å². The van der Waals surface area contributed by atoms with Gasteiger partial charge in [-0.3, -0.25) is 9.59 Å². The summed E-state index contributed by atoms with van der Waals surface area (Å²) < 4.78 is 25.0. The smallest absolute Gasteiger partial charge is 0.202 e. The SMILES string of the molecule is CC[C@@]1(O)C[C@H](OC2CC(N(C)C)C(O)C(C)O2)c2c(O)c3c(c(O)c2[C@H]1OC1CC(N(C)C)C(O)C(C)O1)C(=O)c1c(O)ccc(O)c1C3=O. The molecule has 4 aliphatic rings. The molecular formula is C36H48N2O13. The Balaban J connectivity index is 1.53. The minimum atomic E-state index is -1.83. The quantitative estimate of drug-likeness (QED) is 0.173. The van der Waals surface area contributed by atoms with Gasteiger partial charge < -0.3 is 64.5 Å². The first kappa shape index (κ1) is 37.4. The van der Waals surface area contributed by atoms with Crippen molar-refractivity contribution < 1.29 is 64.3 Å². The molecule has 0 radical (unpaired) electrons. The number of carbonyl (C=O) groups excluding carboxylic acids is 2. The Morgan fingerprint density at radius 2 is 1.18 bits per heavy atom. The molecule has 0 spiro atoms. The number of hydrogen-bond donors (Lipinski definition) is 7. The number of aliphatic hydroxyl groups is 3. The van der Waals surface area contributed by atoms with E-state index in [-0.39, 0.29) is 42.9 Å². The van der Waals surface area contributed by atoms with Crippen LogP contribution in [0.2, 0.25) is 0 Å². The second-order valence-corrected chi connectivity index (χ2v) is 14.6. The van der Waals surface area contributed by atoms with E-state index < -0.39 is 118 Å². The minimum absolute atomic E-state index is 0.0294. The monoisotopic (exact) mass is 716 g/mol. The summed E-state index contributed by atoms with van der Waals surface area (Å²) in [7, 11) is 7.19. The van der Waals surface area contributed by atoms with Gasteiger partial charge in [-0.05, 0) is 60.6 Å². The number of hydrogen-bond acceptors (Lipinski definition) is 15. The third kappa shape index (κ3) is 6.07. The van der Waals surface area contributed by atoms with Crippen LogP contribution in [-0.4, -0.2) is 140 Å². The van der Waals surface area contributed by atoms with Gasteiger partial charge in [-0.1, -0.05) is 6.92 Å². The molecule has 6 rings (SSSR count). The number of phenols is 4. The van der Waals surface area contributed by atoms with E-state index in [1.54, 1.807) is 49.0 Å². The molecule has 2 fully saturated rings. The number of benzene rings is 2. The van der Waals surface area contributed by atoms with Gasteiger partial charge in [0.05, 0.1) is 58.4 Å². The summed E-state index contributed by atoms with van der Waals surface area (Å²) in [6.45, 7) is 5.05. The molecule has 11 atom stereocenters. The molecule has 7 N–H and O–H groups in total. The van der Waals surface area contributed by atoms with Crippen LogP contribution >= 0.6 is 0 Å². The molecule has 51 heavy (non-hydrogen) atoms. The predicted octanol–water partition coefficient (Wildman–Crippen LogP) is 1.80. The highest BCUT2D eigenvalue weighted by Crippen LogP contribution is 2.58. The third-order valence-electron chi connectivity index (χ3n) is 11.1. The number of carbonyl (C=O) groups is 2. The molecule has 0 amide bonds. The first-order valence-corrected chi connectivity index (χ1v) is 17.2. The molecular weight excluding hydrogens is 668 g/mol. The zero-order valence-electron chi connectivity index (χ0n) is 29.7. The summed E-state index contributed by atoms with van der Waals surface area (Å²) in [5, 5.41) is 79.4. The van der Waals surface area contributed by atoms with Crippen molar-refractivity contribution in [3.63, 3.8) is 0 Å². The van der Waals surface area contributed by atoms with E-state index in [1.807, 2.05) is 9.80 Å². The highest BCUT2D eigenvalue weighted by molar-refractivity contribution is 6.32. The van der Waals surface area contributed by atoms with Gasteiger partial charge in [0.25, 0.3) is 0 Å². The van der Waals surface area contributed by atoms with Crippen LogP contribution in [0.15, 0.2) is 12.1 Å². The van der Waals surface area contributed by atoms with Crippen LogP contribution in [0.3, 0.4) is 0 Å². The maximum absolute atomic E-state index is 14.0. The van der Waals surface area contributed by atoms with Gasteiger partial charge in [-0.25, -0.2) is 0 Å². The fourth-order valence-electron chi connectivity index (χ4n) is 8.12.